The zero-order valence-corrected chi connectivity index (χ0v) is 14.4. The molecule has 1 aliphatic heterocycles. The average molecular weight is 344 g/mol. The first-order chi connectivity index (χ1) is 12.8. The summed E-state index contributed by atoms with van der Waals surface area (Å²) in [5.74, 6) is 0.597. The lowest BCUT2D eigenvalue weighted by molar-refractivity contribution is 0.0951. The van der Waals surface area contributed by atoms with E-state index < -0.39 is 0 Å². The number of rotatable bonds is 4. The fourth-order valence-corrected chi connectivity index (χ4v) is 3.32. The fourth-order valence-electron chi connectivity index (χ4n) is 3.32. The number of amides is 1. The van der Waals surface area contributed by atoms with Crippen molar-refractivity contribution in [2.24, 2.45) is 0 Å². The zero-order valence-electron chi connectivity index (χ0n) is 14.4. The average Bonchev–Trinajstić information content (AvgIpc) is 2.72. The highest BCUT2D eigenvalue weighted by molar-refractivity contribution is 5.99. The van der Waals surface area contributed by atoms with Crippen molar-refractivity contribution in [1.29, 1.82) is 0 Å². The van der Waals surface area contributed by atoms with E-state index in [0.29, 0.717) is 17.9 Å². The van der Waals surface area contributed by atoms with Crippen LogP contribution in [0.25, 0.3) is 0 Å². The van der Waals surface area contributed by atoms with Gasteiger partial charge in [-0.2, -0.15) is 0 Å². The third-order valence-corrected chi connectivity index (χ3v) is 4.60. The lowest BCUT2D eigenvalue weighted by Gasteiger charge is -2.31. The second-order valence-corrected chi connectivity index (χ2v) is 6.30. The highest BCUT2D eigenvalue weighted by atomic mass is 16.1. The minimum atomic E-state index is -0.118. The molecule has 3 aromatic rings. The Morgan fingerprint density at radius 2 is 1.88 bits per heavy atom. The number of anilines is 2. The molecule has 1 aliphatic rings. The third-order valence-electron chi connectivity index (χ3n) is 4.60. The molecule has 0 saturated carbocycles. The fraction of sp³-hybridized carbons (Fsp3) is 0.190. The Morgan fingerprint density at radius 3 is 2.77 bits per heavy atom. The van der Waals surface area contributed by atoms with Gasteiger partial charge in [-0.05, 0) is 54.3 Å². The molecule has 0 spiro atoms. The van der Waals surface area contributed by atoms with Crippen LogP contribution in [-0.4, -0.2) is 22.4 Å². The van der Waals surface area contributed by atoms with E-state index in [-0.39, 0.29) is 5.91 Å². The molecule has 0 bridgehead atoms. The molecule has 1 N–H and O–H groups in total. The number of aryl methyl sites for hydroxylation is 1. The van der Waals surface area contributed by atoms with Crippen molar-refractivity contribution in [3.05, 3.63) is 83.8 Å². The molecule has 0 radical (unpaired) electrons. The van der Waals surface area contributed by atoms with E-state index in [1.807, 2.05) is 24.3 Å². The standard InChI is InChI=1S/C21H20N4O/c26-21(24-15-16-9-12-22-13-10-16)18-7-3-11-23-20(18)25-14-4-6-17-5-1-2-8-19(17)25/h1-3,5,7-13H,4,6,14-15H2,(H,24,26). The number of para-hydroxylation sites is 1. The van der Waals surface area contributed by atoms with Gasteiger partial charge in [0.1, 0.15) is 5.82 Å². The van der Waals surface area contributed by atoms with Gasteiger partial charge in [0.15, 0.2) is 0 Å². The van der Waals surface area contributed by atoms with Crippen molar-refractivity contribution < 1.29 is 4.79 Å². The van der Waals surface area contributed by atoms with Crippen LogP contribution in [0.15, 0.2) is 67.1 Å². The molecule has 1 amide bonds. The van der Waals surface area contributed by atoms with E-state index in [2.05, 4.69) is 38.4 Å². The SMILES string of the molecule is O=C(NCc1ccncc1)c1cccnc1N1CCCc2ccccc21. The monoisotopic (exact) mass is 344 g/mol. The summed E-state index contributed by atoms with van der Waals surface area (Å²) in [7, 11) is 0. The molecule has 4 rings (SSSR count). The number of benzene rings is 1. The molecular formula is C21H20N4O. The van der Waals surface area contributed by atoms with Crippen molar-refractivity contribution in [3.63, 3.8) is 0 Å². The molecule has 0 aliphatic carbocycles. The minimum Gasteiger partial charge on any atom is -0.348 e. The molecule has 1 aromatic carbocycles. The number of hydrogen-bond donors (Lipinski definition) is 1. The lowest BCUT2D eigenvalue weighted by Crippen LogP contribution is -2.30. The van der Waals surface area contributed by atoms with Gasteiger partial charge in [0, 0.05) is 37.4 Å². The molecule has 26 heavy (non-hydrogen) atoms. The lowest BCUT2D eigenvalue weighted by atomic mass is 10.0. The topological polar surface area (TPSA) is 58.1 Å². The number of fused-ring (bicyclic) bond motifs is 1. The molecule has 0 saturated heterocycles. The highest BCUT2D eigenvalue weighted by Crippen LogP contribution is 2.33. The maximum Gasteiger partial charge on any atom is 0.255 e. The van der Waals surface area contributed by atoms with Crippen LogP contribution in [0, 0.1) is 0 Å². The number of hydrogen-bond acceptors (Lipinski definition) is 4. The Balaban J connectivity index is 1.60. The van der Waals surface area contributed by atoms with Crippen LogP contribution in [0.5, 0.6) is 0 Å². The van der Waals surface area contributed by atoms with E-state index >= 15 is 0 Å². The highest BCUT2D eigenvalue weighted by Gasteiger charge is 2.23. The number of nitrogens with zero attached hydrogens (tertiary/aromatic N) is 3. The molecule has 0 unspecified atom stereocenters. The summed E-state index contributed by atoms with van der Waals surface area (Å²) in [6.45, 7) is 1.32. The van der Waals surface area contributed by atoms with Gasteiger partial charge in [-0.25, -0.2) is 4.98 Å². The van der Waals surface area contributed by atoms with E-state index in [1.54, 1.807) is 24.7 Å². The summed E-state index contributed by atoms with van der Waals surface area (Å²) in [5.41, 5.74) is 4.05. The Labute approximate surface area is 152 Å². The first-order valence-corrected chi connectivity index (χ1v) is 8.80. The quantitative estimate of drug-likeness (QED) is 0.787. The summed E-state index contributed by atoms with van der Waals surface area (Å²) in [6, 6.07) is 15.8. The van der Waals surface area contributed by atoms with Gasteiger partial charge in [0.05, 0.1) is 5.56 Å². The van der Waals surface area contributed by atoms with Crippen LogP contribution < -0.4 is 10.2 Å². The second-order valence-electron chi connectivity index (χ2n) is 6.30. The van der Waals surface area contributed by atoms with Crippen molar-refractivity contribution in [3.8, 4) is 0 Å². The smallest absolute Gasteiger partial charge is 0.255 e. The van der Waals surface area contributed by atoms with Crippen LogP contribution in [0.4, 0.5) is 11.5 Å². The van der Waals surface area contributed by atoms with Gasteiger partial charge in [0.25, 0.3) is 5.91 Å². The third kappa shape index (κ3) is 3.28. The van der Waals surface area contributed by atoms with Gasteiger partial charge < -0.3 is 10.2 Å². The van der Waals surface area contributed by atoms with Gasteiger partial charge >= 0.3 is 0 Å². The van der Waals surface area contributed by atoms with Gasteiger partial charge in [0.2, 0.25) is 0 Å². The summed E-state index contributed by atoms with van der Waals surface area (Å²) in [6.07, 6.45) is 7.30. The first kappa shape index (κ1) is 16.3. The van der Waals surface area contributed by atoms with E-state index in [0.717, 1.165) is 30.6 Å². The number of nitrogens with one attached hydrogen (secondary N) is 1. The number of aromatic nitrogens is 2. The Hall–Kier alpha value is -3.21. The van der Waals surface area contributed by atoms with Crippen molar-refractivity contribution in [2.75, 3.05) is 11.4 Å². The van der Waals surface area contributed by atoms with Gasteiger partial charge in [-0.1, -0.05) is 18.2 Å². The summed E-state index contributed by atoms with van der Waals surface area (Å²) < 4.78 is 0. The second kappa shape index (κ2) is 7.35. The van der Waals surface area contributed by atoms with E-state index in [9.17, 15) is 4.79 Å². The van der Waals surface area contributed by atoms with E-state index in [1.165, 1.54) is 5.56 Å². The van der Waals surface area contributed by atoms with Crippen molar-refractivity contribution in [1.82, 2.24) is 15.3 Å². The normalized spacial score (nSPS) is 13.2. The Kier molecular flexibility index (Phi) is 4.60. The zero-order chi connectivity index (χ0) is 17.8. The largest absolute Gasteiger partial charge is 0.348 e. The Morgan fingerprint density at radius 1 is 1.04 bits per heavy atom. The van der Waals surface area contributed by atoms with E-state index in [4.69, 9.17) is 0 Å². The van der Waals surface area contributed by atoms with Crippen molar-refractivity contribution in [2.45, 2.75) is 19.4 Å². The molecule has 0 fully saturated rings. The molecule has 2 aromatic heterocycles. The molecule has 3 heterocycles. The molecule has 0 atom stereocenters. The predicted molar refractivity (Wildman–Crippen MR) is 101 cm³/mol. The molecule has 130 valence electrons. The van der Waals surface area contributed by atoms with Crippen LogP contribution in [0.2, 0.25) is 0 Å². The first-order valence-electron chi connectivity index (χ1n) is 8.80. The summed E-state index contributed by atoms with van der Waals surface area (Å²) >= 11 is 0. The number of pyridine rings is 2. The summed E-state index contributed by atoms with van der Waals surface area (Å²) in [4.78, 5) is 23.5. The molecule has 5 nitrogen and oxygen atoms in total. The van der Waals surface area contributed by atoms with Gasteiger partial charge in [-0.15, -0.1) is 0 Å². The minimum absolute atomic E-state index is 0.118. The summed E-state index contributed by atoms with van der Waals surface area (Å²) in [5, 5.41) is 2.99. The maximum atomic E-state index is 12.8. The van der Waals surface area contributed by atoms with Crippen LogP contribution >= 0.6 is 0 Å². The van der Waals surface area contributed by atoms with Gasteiger partial charge in [-0.3, -0.25) is 9.78 Å². The maximum absolute atomic E-state index is 12.8. The van der Waals surface area contributed by atoms with Crippen LogP contribution in [-0.2, 0) is 13.0 Å². The predicted octanol–water partition coefficient (Wildman–Crippen LogP) is 3.49. The van der Waals surface area contributed by atoms with Crippen molar-refractivity contribution >= 4 is 17.4 Å². The number of carbonyl (C=O) groups is 1. The number of carbonyl (C=O) groups excluding carboxylic acids is 1. The molecular weight excluding hydrogens is 324 g/mol. The molecule has 5 heteroatoms. The van der Waals surface area contributed by atoms with Crippen LogP contribution in [0.1, 0.15) is 27.9 Å². The van der Waals surface area contributed by atoms with Crippen LogP contribution in [0.3, 0.4) is 0 Å². The Bertz CT molecular complexity index is 911.